The van der Waals surface area contributed by atoms with E-state index in [1.165, 1.54) is 75.4 Å². The molecule has 0 N–H and O–H groups in total. The lowest BCUT2D eigenvalue weighted by atomic mass is 9.94. The number of nitrogens with zero attached hydrogens (tertiary/aromatic N) is 6. The van der Waals surface area contributed by atoms with Gasteiger partial charge in [0, 0.05) is 111 Å². The van der Waals surface area contributed by atoms with Gasteiger partial charge in [-0.15, -0.1) is 0 Å². The van der Waals surface area contributed by atoms with E-state index in [1.54, 1.807) is 6.20 Å². The summed E-state index contributed by atoms with van der Waals surface area (Å²) < 4.78 is 30.3. The van der Waals surface area contributed by atoms with Crippen LogP contribution in [-0.2, 0) is 0 Å². The van der Waals surface area contributed by atoms with Gasteiger partial charge in [-0.1, -0.05) is 156 Å². The van der Waals surface area contributed by atoms with Gasteiger partial charge in [0.25, 0.3) is 0 Å². The number of benzene rings is 10. The van der Waals surface area contributed by atoms with Crippen molar-refractivity contribution in [1.29, 1.82) is 0 Å². The Balaban J connectivity index is 0.000000101. The lowest BCUT2D eigenvalue weighted by molar-refractivity contribution is 1.35. The van der Waals surface area contributed by atoms with Crippen molar-refractivity contribution in [2.24, 2.45) is 0 Å². The summed E-state index contributed by atoms with van der Waals surface area (Å²) in [5.41, 5.74) is 6.18. The number of rotatable bonds is 0. The number of hydrogen-bond acceptors (Lipinski definition) is 6. The Morgan fingerprint density at radius 1 is 0.224 bits per heavy atom. The minimum absolute atomic E-state index is 0.294. The third kappa shape index (κ3) is 8.08. The summed E-state index contributed by atoms with van der Waals surface area (Å²) in [5, 5.41) is 26.0. The molecule has 0 bridgehead atoms. The third-order valence-electron chi connectivity index (χ3n) is 14.5. The van der Waals surface area contributed by atoms with Crippen LogP contribution in [0.1, 0.15) is 27.7 Å². The highest BCUT2D eigenvalue weighted by Gasteiger charge is 2.12. The van der Waals surface area contributed by atoms with Gasteiger partial charge in [-0.3, -0.25) is 29.9 Å². The average Bonchev–Trinajstić information content (AvgIpc) is 3.59. The highest BCUT2D eigenvalue weighted by atomic mass is 14.7. The van der Waals surface area contributed by atoms with Gasteiger partial charge in [0.2, 0.25) is 0 Å². The molecule has 0 unspecified atom stereocenters. The van der Waals surface area contributed by atoms with Gasteiger partial charge in [0.05, 0.1) is 11.0 Å². The molecular weight excluding hydrogens is 925 g/mol. The molecule has 10 aromatic carbocycles. The molecule has 6 heteroatoms. The zero-order chi connectivity index (χ0) is 54.1. The molecule has 0 fully saturated rings. The third-order valence-corrected chi connectivity index (χ3v) is 14.5. The van der Waals surface area contributed by atoms with Gasteiger partial charge in [-0.25, -0.2) is 0 Å². The van der Waals surface area contributed by atoms with E-state index in [2.05, 4.69) is 145 Å². The average molecular weight is 979 g/mol. The largest absolute Gasteiger partial charge is 0.264 e. The summed E-state index contributed by atoms with van der Waals surface area (Å²) in [6.45, 7) is 1.22. The Hall–Kier alpha value is -9.78. The van der Waals surface area contributed by atoms with E-state index >= 15 is 0 Å². The van der Waals surface area contributed by atoms with Gasteiger partial charge >= 0.3 is 0 Å². The smallest absolute Gasteiger partial charge is 0.0787 e. The Morgan fingerprint density at radius 2 is 0.474 bits per heavy atom. The van der Waals surface area contributed by atoms with Crippen LogP contribution in [0.25, 0.3) is 130 Å². The fourth-order valence-electron chi connectivity index (χ4n) is 11.1. The molecular formula is C70H50N6. The van der Waals surface area contributed by atoms with Crippen LogP contribution >= 0.6 is 0 Å². The summed E-state index contributed by atoms with van der Waals surface area (Å²) in [6, 6.07) is 58.3. The first-order valence-electron chi connectivity index (χ1n) is 27.9. The summed E-state index contributed by atoms with van der Waals surface area (Å²) >= 11 is 0. The molecule has 16 rings (SSSR count). The standard InChI is InChI=1S/2C18H13N.2C17H12N2/c1-12-8-9-14-13-5-2-3-6-15(13)18-16(17(14)11-12)7-4-10-19-18;1-12-6-7-15-13-4-2-3-5-14(13)16-8-9-19-11-18(16)17(15)10-12;1-11-2-3-12-13-4-6-18-9-16(13)17-10-19-7-5-14(17)15(12)8-11;1-11-4-5-12-13-3-2-7-19-17(13)14-6-8-18-10-16(14)15(12)9-11/h2*2-11H,1H3;2*2-10H,1H3/i4*1D. The first kappa shape index (κ1) is 41.7. The number of aryl methyl sites for hydroxylation is 4. The second-order valence-corrected chi connectivity index (χ2v) is 19.1. The van der Waals surface area contributed by atoms with E-state index < -0.39 is 0 Å². The van der Waals surface area contributed by atoms with Crippen molar-refractivity contribution in [2.45, 2.75) is 27.6 Å². The lowest BCUT2D eigenvalue weighted by Gasteiger charge is -2.10. The zero-order valence-corrected chi connectivity index (χ0v) is 41.5. The molecule has 360 valence electrons. The Bertz CT molecular complexity index is 4280. The maximum absolute atomic E-state index is 7.57. The lowest BCUT2D eigenvalue weighted by Crippen LogP contribution is -1.86. The van der Waals surface area contributed by atoms with Gasteiger partial charge in [0.1, 0.15) is 0 Å². The van der Waals surface area contributed by atoms with Crippen LogP contribution in [0.4, 0.5) is 0 Å². The van der Waals surface area contributed by atoms with E-state index in [1.807, 2.05) is 110 Å². The molecule has 0 aliphatic heterocycles. The molecule has 0 saturated carbocycles. The van der Waals surface area contributed by atoms with Crippen molar-refractivity contribution >= 4 is 130 Å². The van der Waals surface area contributed by atoms with Crippen LogP contribution in [0.3, 0.4) is 0 Å². The summed E-state index contributed by atoms with van der Waals surface area (Å²) in [7, 11) is 0. The van der Waals surface area contributed by atoms with Crippen molar-refractivity contribution in [3.8, 4) is 0 Å². The van der Waals surface area contributed by atoms with E-state index in [0.717, 1.165) is 76.4 Å². The second kappa shape index (κ2) is 19.2. The second-order valence-electron chi connectivity index (χ2n) is 19.1. The minimum Gasteiger partial charge on any atom is -0.264 e. The number of fused-ring (bicyclic) bond motifs is 24. The maximum atomic E-state index is 7.57. The molecule has 0 spiro atoms. The topological polar surface area (TPSA) is 77.3 Å². The minimum atomic E-state index is 0.294. The SMILES string of the molecule is [2H]Cc1ccc2c(c1)c1cnccc1c1ncccc21.[2H]Cc1ccc2c3ccccc3c3ccncc3c2c1.[2H]Cc1ccc2c3ccccc3c3ncccc3c2c1.[2H]Cc1ccc2c3ccncc3c3cnccc3c2c1. The van der Waals surface area contributed by atoms with Crippen LogP contribution in [-0.4, -0.2) is 29.9 Å². The van der Waals surface area contributed by atoms with Crippen molar-refractivity contribution in [3.05, 3.63) is 254 Å². The molecule has 76 heavy (non-hydrogen) atoms. The fourth-order valence-corrected chi connectivity index (χ4v) is 11.1. The summed E-state index contributed by atoms with van der Waals surface area (Å²) in [4.78, 5) is 26.1. The Labute approximate surface area is 444 Å². The van der Waals surface area contributed by atoms with Crippen LogP contribution in [0.15, 0.2) is 232 Å². The van der Waals surface area contributed by atoms with Crippen molar-refractivity contribution < 1.29 is 5.48 Å². The van der Waals surface area contributed by atoms with Gasteiger partial charge < -0.3 is 0 Å². The molecule has 6 heterocycles. The molecule has 0 atom stereocenters. The first-order chi connectivity index (χ1) is 39.5. The summed E-state index contributed by atoms with van der Waals surface area (Å²) in [5.74, 6) is 0. The number of hydrogen-bond donors (Lipinski definition) is 0. The van der Waals surface area contributed by atoms with E-state index in [4.69, 9.17) is 5.48 Å². The molecule has 0 aliphatic carbocycles. The summed E-state index contributed by atoms with van der Waals surface area (Å²) in [6.07, 6.45) is 18.6. The number of pyridine rings is 6. The molecule has 0 radical (unpaired) electrons. The van der Waals surface area contributed by atoms with Crippen molar-refractivity contribution in [3.63, 3.8) is 0 Å². The molecule has 6 nitrogen and oxygen atoms in total. The Kier molecular flexibility index (Phi) is 10.6. The highest BCUT2D eigenvalue weighted by molar-refractivity contribution is 6.27. The quantitative estimate of drug-likeness (QED) is 0.141. The van der Waals surface area contributed by atoms with Crippen LogP contribution in [0.2, 0.25) is 0 Å². The van der Waals surface area contributed by atoms with Crippen LogP contribution in [0.5, 0.6) is 0 Å². The van der Waals surface area contributed by atoms with Crippen LogP contribution < -0.4 is 0 Å². The maximum Gasteiger partial charge on any atom is 0.0787 e. The van der Waals surface area contributed by atoms with E-state index in [9.17, 15) is 0 Å². The first-order valence-corrected chi connectivity index (χ1v) is 25.1. The number of aromatic nitrogens is 6. The van der Waals surface area contributed by atoms with Crippen molar-refractivity contribution in [2.75, 3.05) is 0 Å². The molecule has 0 aliphatic rings. The Morgan fingerprint density at radius 3 is 0.895 bits per heavy atom. The van der Waals surface area contributed by atoms with Crippen molar-refractivity contribution in [1.82, 2.24) is 29.9 Å². The van der Waals surface area contributed by atoms with Gasteiger partial charge in [-0.05, 0) is 139 Å². The highest BCUT2D eigenvalue weighted by Crippen LogP contribution is 2.38. The molecule has 6 aromatic heterocycles. The molecule has 0 amide bonds. The predicted octanol–water partition coefficient (Wildman–Crippen LogP) is 18.2. The molecule has 0 saturated heterocycles. The van der Waals surface area contributed by atoms with E-state index in [-0.39, 0.29) is 0 Å². The van der Waals surface area contributed by atoms with Gasteiger partial charge in [0.15, 0.2) is 0 Å². The zero-order valence-electron chi connectivity index (χ0n) is 45.5. The van der Waals surface area contributed by atoms with Crippen LogP contribution in [0, 0.1) is 27.6 Å². The fraction of sp³-hybridized carbons (Fsp3) is 0.0571. The van der Waals surface area contributed by atoms with E-state index in [0.29, 0.717) is 27.6 Å². The predicted molar refractivity (Wildman–Crippen MR) is 322 cm³/mol. The monoisotopic (exact) mass is 978 g/mol. The molecule has 16 aromatic rings. The van der Waals surface area contributed by atoms with Gasteiger partial charge in [-0.2, -0.15) is 0 Å². The normalized spacial score (nSPS) is 12.1.